The van der Waals surface area contributed by atoms with E-state index in [4.69, 9.17) is 9.47 Å². The van der Waals surface area contributed by atoms with E-state index in [1.54, 1.807) is 0 Å². The highest BCUT2D eigenvalue weighted by Gasteiger charge is 2.50. The van der Waals surface area contributed by atoms with Crippen LogP contribution in [0.25, 0.3) is 0 Å². The van der Waals surface area contributed by atoms with Gasteiger partial charge in [-0.05, 0) is 62.7 Å². The van der Waals surface area contributed by atoms with Crippen LogP contribution in [0, 0.1) is 17.8 Å². The maximum Gasteiger partial charge on any atom is 0.0604 e. The van der Waals surface area contributed by atoms with E-state index >= 15 is 0 Å². The summed E-state index contributed by atoms with van der Waals surface area (Å²) in [4.78, 5) is 0. The number of hydrogen-bond donors (Lipinski definition) is 0. The summed E-state index contributed by atoms with van der Waals surface area (Å²) < 4.78 is 12.9. The molecular weight excluding hydrogens is 412 g/mol. The lowest BCUT2D eigenvalue weighted by atomic mass is 9.69. The largest absolute Gasteiger partial charge is 0.378 e. The average Bonchev–Trinajstić information content (AvgIpc) is 3.14. The predicted molar refractivity (Wildman–Crippen MR) is 141 cm³/mol. The molecule has 32 heavy (non-hydrogen) atoms. The van der Waals surface area contributed by atoms with Gasteiger partial charge in [0.25, 0.3) is 0 Å². The summed E-state index contributed by atoms with van der Waals surface area (Å²) >= 11 is 2.35. The molecule has 0 spiro atoms. The highest BCUT2D eigenvalue weighted by atomic mass is 32.2. The van der Waals surface area contributed by atoms with E-state index in [1.807, 2.05) is 0 Å². The number of thioether (sulfide) groups is 1. The molecule has 2 nitrogen and oxygen atoms in total. The summed E-state index contributed by atoms with van der Waals surface area (Å²) in [5.41, 5.74) is 0. The van der Waals surface area contributed by atoms with Crippen molar-refractivity contribution < 1.29 is 9.47 Å². The molecule has 3 rings (SSSR count). The van der Waals surface area contributed by atoms with Crippen LogP contribution in [0.1, 0.15) is 130 Å². The highest BCUT2D eigenvalue weighted by molar-refractivity contribution is 8.00. The van der Waals surface area contributed by atoms with E-state index in [1.165, 1.54) is 109 Å². The number of hydrogen-bond acceptors (Lipinski definition) is 3. The summed E-state index contributed by atoms with van der Waals surface area (Å²) in [7, 11) is 0. The molecule has 3 heteroatoms. The summed E-state index contributed by atoms with van der Waals surface area (Å²) in [5, 5.41) is 1.80. The fourth-order valence-electron chi connectivity index (χ4n) is 6.57. The second kappa shape index (κ2) is 15.3. The van der Waals surface area contributed by atoms with Crippen molar-refractivity contribution in [2.75, 3.05) is 13.2 Å². The molecule has 3 fully saturated rings. The number of ether oxygens (including phenoxy) is 2. The van der Waals surface area contributed by atoms with Gasteiger partial charge in [-0.15, -0.1) is 0 Å². The summed E-state index contributed by atoms with van der Waals surface area (Å²) in [6, 6.07) is 0. The zero-order valence-corrected chi connectivity index (χ0v) is 22.5. The molecule has 7 atom stereocenters. The molecule has 0 aromatic rings. The van der Waals surface area contributed by atoms with Crippen molar-refractivity contribution in [3.05, 3.63) is 0 Å². The van der Waals surface area contributed by atoms with Crippen molar-refractivity contribution in [3.63, 3.8) is 0 Å². The van der Waals surface area contributed by atoms with Crippen LogP contribution in [0.4, 0.5) is 0 Å². The third kappa shape index (κ3) is 8.49. The van der Waals surface area contributed by atoms with Crippen molar-refractivity contribution >= 4 is 11.8 Å². The molecule has 0 aromatic carbocycles. The first-order valence-electron chi connectivity index (χ1n) is 14.6. The van der Waals surface area contributed by atoms with E-state index in [-0.39, 0.29) is 0 Å². The van der Waals surface area contributed by atoms with Crippen LogP contribution in [-0.4, -0.2) is 35.9 Å². The second-order valence-electron chi connectivity index (χ2n) is 11.2. The van der Waals surface area contributed by atoms with E-state index in [0.29, 0.717) is 12.2 Å². The van der Waals surface area contributed by atoms with Gasteiger partial charge in [-0.1, -0.05) is 85.0 Å². The Labute approximate surface area is 204 Å². The third-order valence-electron chi connectivity index (χ3n) is 8.59. The maximum atomic E-state index is 6.50. The van der Waals surface area contributed by atoms with Crippen molar-refractivity contribution in [3.8, 4) is 0 Å². The van der Waals surface area contributed by atoms with Gasteiger partial charge in [0, 0.05) is 23.7 Å². The highest BCUT2D eigenvalue weighted by Crippen LogP contribution is 2.56. The summed E-state index contributed by atoms with van der Waals surface area (Å²) in [5.74, 6) is 2.51. The molecule has 0 N–H and O–H groups in total. The quantitative estimate of drug-likeness (QED) is 0.212. The Bertz CT molecular complexity index is 484. The Balaban J connectivity index is 1.35. The molecule has 2 saturated carbocycles. The van der Waals surface area contributed by atoms with E-state index < -0.39 is 0 Å². The minimum absolute atomic E-state index is 0.510. The minimum atomic E-state index is 0.510. The average molecular weight is 467 g/mol. The number of fused-ring (bicyclic) bond motifs is 3. The molecule has 0 radical (unpaired) electrons. The maximum absolute atomic E-state index is 6.50. The Morgan fingerprint density at radius 3 is 1.91 bits per heavy atom. The van der Waals surface area contributed by atoms with E-state index in [9.17, 15) is 0 Å². The molecule has 1 heterocycles. The fraction of sp³-hybridized carbons (Fsp3) is 1.00. The van der Waals surface area contributed by atoms with Crippen molar-refractivity contribution in [1.82, 2.24) is 0 Å². The van der Waals surface area contributed by atoms with Gasteiger partial charge in [0.05, 0.1) is 12.2 Å². The van der Waals surface area contributed by atoms with E-state index in [2.05, 4.69) is 32.5 Å². The molecule has 7 unspecified atom stereocenters. The van der Waals surface area contributed by atoms with Gasteiger partial charge in [0.15, 0.2) is 0 Å². The van der Waals surface area contributed by atoms with Crippen LogP contribution in [0.5, 0.6) is 0 Å². The zero-order valence-electron chi connectivity index (χ0n) is 21.7. The Kier molecular flexibility index (Phi) is 12.8. The van der Waals surface area contributed by atoms with Crippen LogP contribution < -0.4 is 0 Å². The normalized spacial score (nSPS) is 34.4. The second-order valence-corrected chi connectivity index (χ2v) is 12.7. The van der Waals surface area contributed by atoms with Crippen LogP contribution in [0.2, 0.25) is 0 Å². The molecule has 188 valence electrons. The smallest absolute Gasteiger partial charge is 0.0604 e. The molecule has 3 aliphatic rings. The standard InChI is InChI=1S/C29H54O2S/c1-4-6-8-10-12-14-18-30-24-16-17-28-25(21-24)26-22-27(23(3)20-29(26)32-28)31-19-15-13-11-9-7-5-2/h23-29H,4-22H2,1-3H3. The van der Waals surface area contributed by atoms with Gasteiger partial charge >= 0.3 is 0 Å². The van der Waals surface area contributed by atoms with Gasteiger partial charge in [0.1, 0.15) is 0 Å². The Morgan fingerprint density at radius 1 is 0.625 bits per heavy atom. The molecule has 1 saturated heterocycles. The lowest BCUT2D eigenvalue weighted by Crippen LogP contribution is -2.40. The summed E-state index contributed by atoms with van der Waals surface area (Å²) in [6.07, 6.45) is 24.1. The Hall–Kier alpha value is 0.270. The molecule has 0 aromatic heterocycles. The molecule has 2 aliphatic carbocycles. The lowest BCUT2D eigenvalue weighted by molar-refractivity contribution is -0.0394. The molecule has 0 amide bonds. The zero-order chi connectivity index (χ0) is 22.6. The Morgan fingerprint density at radius 2 is 1.22 bits per heavy atom. The number of rotatable bonds is 16. The summed E-state index contributed by atoms with van der Waals surface area (Å²) in [6.45, 7) is 9.03. The van der Waals surface area contributed by atoms with Crippen LogP contribution in [0.3, 0.4) is 0 Å². The monoisotopic (exact) mass is 466 g/mol. The van der Waals surface area contributed by atoms with Gasteiger partial charge in [-0.2, -0.15) is 11.8 Å². The first-order chi connectivity index (χ1) is 15.7. The molecular formula is C29H54O2S. The third-order valence-corrected chi connectivity index (χ3v) is 10.4. The van der Waals surface area contributed by atoms with Crippen molar-refractivity contribution in [1.29, 1.82) is 0 Å². The topological polar surface area (TPSA) is 18.5 Å². The van der Waals surface area contributed by atoms with Crippen molar-refractivity contribution in [2.24, 2.45) is 17.8 Å². The van der Waals surface area contributed by atoms with E-state index in [0.717, 1.165) is 41.5 Å². The van der Waals surface area contributed by atoms with Crippen LogP contribution in [-0.2, 0) is 9.47 Å². The number of unbranched alkanes of at least 4 members (excludes halogenated alkanes) is 10. The van der Waals surface area contributed by atoms with Crippen LogP contribution in [0.15, 0.2) is 0 Å². The van der Waals surface area contributed by atoms with Crippen molar-refractivity contribution in [2.45, 2.75) is 153 Å². The lowest BCUT2D eigenvalue weighted by Gasteiger charge is -2.40. The fourth-order valence-corrected chi connectivity index (χ4v) is 8.73. The molecule has 0 bridgehead atoms. The SMILES string of the molecule is CCCCCCCCOC1CCC2SC3CC(C)C(OCCCCCCCC)CC3C2C1. The van der Waals surface area contributed by atoms with Gasteiger partial charge in [-0.25, -0.2) is 0 Å². The minimum Gasteiger partial charge on any atom is -0.378 e. The first kappa shape index (κ1) is 26.9. The first-order valence-corrected chi connectivity index (χ1v) is 15.6. The molecule has 1 aliphatic heterocycles. The predicted octanol–water partition coefficient (Wildman–Crippen LogP) is 8.81. The van der Waals surface area contributed by atoms with Crippen LogP contribution >= 0.6 is 11.8 Å². The van der Waals surface area contributed by atoms with Gasteiger partial charge < -0.3 is 9.47 Å². The van der Waals surface area contributed by atoms with Gasteiger partial charge in [0.2, 0.25) is 0 Å². The van der Waals surface area contributed by atoms with Gasteiger partial charge in [-0.3, -0.25) is 0 Å².